The van der Waals surface area contributed by atoms with E-state index in [4.69, 9.17) is 4.74 Å². The second-order valence-electron chi connectivity index (χ2n) is 6.42. The molecule has 0 aromatic heterocycles. The van der Waals surface area contributed by atoms with E-state index in [9.17, 15) is 14.4 Å². The Bertz CT molecular complexity index is 398. The predicted octanol–water partition coefficient (Wildman–Crippen LogP) is 0.747. The van der Waals surface area contributed by atoms with Gasteiger partial charge >= 0.3 is 5.97 Å². The fourth-order valence-corrected chi connectivity index (χ4v) is 1.93. The van der Waals surface area contributed by atoms with Gasteiger partial charge in [-0.1, -0.05) is 13.8 Å². The molecule has 0 aliphatic carbocycles. The van der Waals surface area contributed by atoms with E-state index < -0.39 is 23.7 Å². The topological polar surface area (TPSA) is 84.5 Å². The van der Waals surface area contributed by atoms with Gasteiger partial charge in [0, 0.05) is 6.42 Å². The molecular formula is C14H24N2O4. The molecule has 0 saturated carbocycles. The summed E-state index contributed by atoms with van der Waals surface area (Å²) in [6, 6.07) is -1.26. The van der Waals surface area contributed by atoms with Crippen molar-refractivity contribution in [2.75, 3.05) is 0 Å². The van der Waals surface area contributed by atoms with Crippen LogP contribution in [0.5, 0.6) is 0 Å². The molecule has 0 radical (unpaired) electrons. The summed E-state index contributed by atoms with van der Waals surface area (Å²) in [5.74, 6) is -1.01. The van der Waals surface area contributed by atoms with E-state index in [0.29, 0.717) is 12.8 Å². The molecule has 1 saturated heterocycles. The Labute approximate surface area is 119 Å². The van der Waals surface area contributed by atoms with Gasteiger partial charge in [-0.15, -0.1) is 0 Å². The molecule has 6 heteroatoms. The third-order valence-corrected chi connectivity index (χ3v) is 2.94. The lowest BCUT2D eigenvalue weighted by molar-refractivity contribution is -0.160. The standard InChI is InChI=1S/C14H24N2O4/c1-8(2)11(13(19)20-14(3,4)5)16-12(18)9-6-7-10(17)15-9/h8-9,11H,6-7H2,1-5H3,(H,15,17)(H,16,18)/t9-,11-/m1/s1. The van der Waals surface area contributed by atoms with Crippen molar-refractivity contribution in [3.63, 3.8) is 0 Å². The molecule has 0 aromatic carbocycles. The van der Waals surface area contributed by atoms with Gasteiger partial charge in [-0.2, -0.15) is 0 Å². The molecule has 2 atom stereocenters. The van der Waals surface area contributed by atoms with Crippen LogP contribution < -0.4 is 10.6 Å². The molecular weight excluding hydrogens is 260 g/mol. The van der Waals surface area contributed by atoms with Crippen molar-refractivity contribution < 1.29 is 19.1 Å². The highest BCUT2D eigenvalue weighted by Crippen LogP contribution is 2.13. The van der Waals surface area contributed by atoms with E-state index in [2.05, 4.69) is 10.6 Å². The monoisotopic (exact) mass is 284 g/mol. The summed E-state index contributed by atoms with van der Waals surface area (Å²) < 4.78 is 5.30. The quantitative estimate of drug-likeness (QED) is 0.746. The third kappa shape index (κ3) is 4.83. The van der Waals surface area contributed by atoms with Crippen LogP contribution in [0, 0.1) is 5.92 Å². The van der Waals surface area contributed by atoms with E-state index >= 15 is 0 Å². The highest BCUT2D eigenvalue weighted by Gasteiger charge is 2.33. The Balaban J connectivity index is 2.65. The average molecular weight is 284 g/mol. The van der Waals surface area contributed by atoms with E-state index in [1.807, 2.05) is 13.8 Å². The minimum absolute atomic E-state index is 0.0918. The summed E-state index contributed by atoms with van der Waals surface area (Å²) in [4.78, 5) is 35.2. The summed E-state index contributed by atoms with van der Waals surface area (Å²) in [6.45, 7) is 9.01. The van der Waals surface area contributed by atoms with Gasteiger partial charge in [0.05, 0.1) is 0 Å². The minimum Gasteiger partial charge on any atom is -0.458 e. The molecule has 2 amide bonds. The van der Waals surface area contributed by atoms with Gasteiger partial charge < -0.3 is 15.4 Å². The molecule has 114 valence electrons. The first-order valence-electron chi connectivity index (χ1n) is 6.93. The maximum atomic E-state index is 12.1. The van der Waals surface area contributed by atoms with Crippen LogP contribution in [0.15, 0.2) is 0 Å². The Hall–Kier alpha value is -1.59. The van der Waals surface area contributed by atoms with Crippen LogP contribution >= 0.6 is 0 Å². The smallest absolute Gasteiger partial charge is 0.329 e. The van der Waals surface area contributed by atoms with E-state index in [1.54, 1.807) is 20.8 Å². The summed E-state index contributed by atoms with van der Waals surface area (Å²) in [5.41, 5.74) is -0.601. The lowest BCUT2D eigenvalue weighted by Gasteiger charge is -2.27. The van der Waals surface area contributed by atoms with E-state index in [0.717, 1.165) is 0 Å². The number of carbonyl (C=O) groups is 3. The molecule has 0 aromatic rings. The zero-order valence-corrected chi connectivity index (χ0v) is 12.8. The number of hydrogen-bond acceptors (Lipinski definition) is 4. The van der Waals surface area contributed by atoms with Gasteiger partial charge in [-0.3, -0.25) is 9.59 Å². The highest BCUT2D eigenvalue weighted by molar-refractivity contribution is 5.93. The van der Waals surface area contributed by atoms with Crippen LogP contribution in [0.1, 0.15) is 47.5 Å². The van der Waals surface area contributed by atoms with Gasteiger partial charge in [-0.05, 0) is 33.1 Å². The molecule has 0 spiro atoms. The minimum atomic E-state index is -0.709. The molecule has 20 heavy (non-hydrogen) atoms. The van der Waals surface area contributed by atoms with Crippen LogP contribution in [0.4, 0.5) is 0 Å². The molecule has 1 aliphatic heterocycles. The fourth-order valence-electron chi connectivity index (χ4n) is 1.93. The normalized spacial score (nSPS) is 20.5. The summed E-state index contributed by atoms with van der Waals surface area (Å²) in [7, 11) is 0. The molecule has 6 nitrogen and oxygen atoms in total. The molecule has 2 N–H and O–H groups in total. The van der Waals surface area contributed by atoms with Crippen LogP contribution in [0.3, 0.4) is 0 Å². The van der Waals surface area contributed by atoms with Gasteiger partial charge in [-0.25, -0.2) is 4.79 Å². The Morgan fingerprint density at radius 2 is 1.95 bits per heavy atom. The fraction of sp³-hybridized carbons (Fsp3) is 0.786. The van der Waals surface area contributed by atoms with Crippen molar-refractivity contribution in [1.82, 2.24) is 10.6 Å². The van der Waals surface area contributed by atoms with Crippen molar-refractivity contribution in [2.24, 2.45) is 5.92 Å². The van der Waals surface area contributed by atoms with Gasteiger partial charge in [0.25, 0.3) is 0 Å². The number of esters is 1. The Kier molecular flexibility index (Phi) is 5.14. The van der Waals surface area contributed by atoms with Crippen molar-refractivity contribution in [3.05, 3.63) is 0 Å². The molecule has 1 fully saturated rings. The Morgan fingerprint density at radius 1 is 1.35 bits per heavy atom. The first-order valence-corrected chi connectivity index (χ1v) is 6.93. The maximum Gasteiger partial charge on any atom is 0.329 e. The maximum absolute atomic E-state index is 12.1. The largest absolute Gasteiger partial charge is 0.458 e. The highest BCUT2D eigenvalue weighted by atomic mass is 16.6. The van der Waals surface area contributed by atoms with E-state index in [1.165, 1.54) is 0 Å². The van der Waals surface area contributed by atoms with Crippen molar-refractivity contribution in [3.8, 4) is 0 Å². The lowest BCUT2D eigenvalue weighted by atomic mass is 10.0. The van der Waals surface area contributed by atoms with Gasteiger partial charge in [0.15, 0.2) is 0 Å². The van der Waals surface area contributed by atoms with Crippen LogP contribution in [-0.2, 0) is 19.1 Å². The molecule has 1 rings (SSSR count). The first-order chi connectivity index (χ1) is 9.10. The third-order valence-electron chi connectivity index (χ3n) is 2.94. The second-order valence-corrected chi connectivity index (χ2v) is 6.42. The van der Waals surface area contributed by atoms with Crippen molar-refractivity contribution in [2.45, 2.75) is 65.1 Å². The molecule has 1 heterocycles. The lowest BCUT2D eigenvalue weighted by Crippen LogP contribution is -2.52. The summed E-state index contributed by atoms with van der Waals surface area (Å²) >= 11 is 0. The summed E-state index contributed by atoms with van der Waals surface area (Å²) in [6.07, 6.45) is 0.806. The zero-order valence-electron chi connectivity index (χ0n) is 12.8. The number of carbonyl (C=O) groups excluding carboxylic acids is 3. The average Bonchev–Trinajstić information content (AvgIpc) is 2.69. The Morgan fingerprint density at radius 3 is 2.35 bits per heavy atom. The van der Waals surface area contributed by atoms with Crippen LogP contribution in [0.2, 0.25) is 0 Å². The van der Waals surface area contributed by atoms with Crippen LogP contribution in [-0.4, -0.2) is 35.5 Å². The van der Waals surface area contributed by atoms with E-state index in [-0.39, 0.29) is 17.7 Å². The number of amides is 2. The number of rotatable bonds is 4. The van der Waals surface area contributed by atoms with Crippen LogP contribution in [0.25, 0.3) is 0 Å². The first kappa shape index (κ1) is 16.5. The zero-order chi connectivity index (χ0) is 15.5. The number of hydrogen-bond donors (Lipinski definition) is 2. The molecule has 0 bridgehead atoms. The number of nitrogens with one attached hydrogen (secondary N) is 2. The molecule has 1 aliphatic rings. The SMILES string of the molecule is CC(C)[C@@H](NC(=O)[C@H]1CCC(=O)N1)C(=O)OC(C)(C)C. The molecule has 0 unspecified atom stereocenters. The van der Waals surface area contributed by atoms with Gasteiger partial charge in [0.1, 0.15) is 17.7 Å². The van der Waals surface area contributed by atoms with Crippen molar-refractivity contribution >= 4 is 17.8 Å². The van der Waals surface area contributed by atoms with Crippen molar-refractivity contribution in [1.29, 1.82) is 0 Å². The predicted molar refractivity (Wildman–Crippen MR) is 73.8 cm³/mol. The summed E-state index contributed by atoms with van der Waals surface area (Å²) in [5, 5.41) is 5.26. The number of ether oxygens (including phenoxy) is 1. The second kappa shape index (κ2) is 6.24. The van der Waals surface area contributed by atoms with Gasteiger partial charge in [0.2, 0.25) is 11.8 Å².